The summed E-state index contributed by atoms with van der Waals surface area (Å²) in [5.74, 6) is 0.922. The summed E-state index contributed by atoms with van der Waals surface area (Å²) in [5, 5.41) is 3.45. The van der Waals surface area contributed by atoms with Gasteiger partial charge in [0.15, 0.2) is 0 Å². The number of aromatic nitrogens is 5. The zero-order valence-corrected chi connectivity index (χ0v) is 20.0. The number of hydrogen-bond acceptors (Lipinski definition) is 5. The van der Waals surface area contributed by atoms with E-state index in [-0.39, 0.29) is 11.3 Å². The van der Waals surface area contributed by atoms with Crippen LogP contribution in [0.4, 0.5) is 5.82 Å². The number of anilines is 1. The van der Waals surface area contributed by atoms with Crippen molar-refractivity contribution in [2.45, 2.75) is 39.7 Å². The Hall–Kier alpha value is -3.58. The molecule has 0 saturated heterocycles. The number of nitrogens with one attached hydrogen (secondary N) is 1. The van der Waals surface area contributed by atoms with Crippen molar-refractivity contribution in [2.24, 2.45) is 5.41 Å². The van der Waals surface area contributed by atoms with Gasteiger partial charge in [-0.05, 0) is 42.2 Å². The van der Waals surface area contributed by atoms with Gasteiger partial charge in [0.25, 0.3) is 0 Å². The van der Waals surface area contributed by atoms with E-state index in [2.05, 4.69) is 43.7 Å². The smallest absolute Gasteiger partial charge is 0.232 e. The maximum atomic E-state index is 13.0. The van der Waals surface area contributed by atoms with Crippen LogP contribution < -0.4 is 5.32 Å². The Morgan fingerprint density at radius 1 is 1.12 bits per heavy atom. The topological polar surface area (TPSA) is 85.6 Å². The predicted molar refractivity (Wildman–Crippen MR) is 132 cm³/mol. The van der Waals surface area contributed by atoms with E-state index in [1.54, 1.807) is 24.8 Å². The molecule has 1 N–H and O–H groups in total. The molecule has 1 aliphatic rings. The molecule has 0 aromatic carbocycles. The molecule has 0 saturated carbocycles. The van der Waals surface area contributed by atoms with E-state index in [1.807, 2.05) is 43.5 Å². The molecular formula is C26H25ClN6O. The standard InChI is InChI=1S/C26H25ClN6O/c1-16(17-6-7-21(29-12-17)18-5-4-8-28-11-18)25(34)32-23-9-19(20(27)13-30-23)22-14-31-24-10-26(2,3)15-33(22)24/h4-9,11-14,16H,10,15H2,1-3H3,(H,30,32,34). The van der Waals surface area contributed by atoms with E-state index in [4.69, 9.17) is 11.6 Å². The van der Waals surface area contributed by atoms with Gasteiger partial charge < -0.3 is 9.88 Å². The molecule has 172 valence electrons. The van der Waals surface area contributed by atoms with Crippen LogP contribution in [0.25, 0.3) is 22.5 Å². The fourth-order valence-electron chi connectivity index (χ4n) is 4.29. The fourth-order valence-corrected chi connectivity index (χ4v) is 4.49. The Balaban J connectivity index is 1.34. The zero-order valence-electron chi connectivity index (χ0n) is 19.3. The molecule has 1 unspecified atom stereocenters. The van der Waals surface area contributed by atoms with Crippen LogP contribution in [0.5, 0.6) is 0 Å². The Kier molecular flexibility index (Phi) is 5.65. The predicted octanol–water partition coefficient (Wildman–Crippen LogP) is 5.38. The van der Waals surface area contributed by atoms with Crippen molar-refractivity contribution >= 4 is 23.3 Å². The van der Waals surface area contributed by atoms with Gasteiger partial charge in [-0.2, -0.15) is 0 Å². The molecule has 34 heavy (non-hydrogen) atoms. The molecule has 0 fully saturated rings. The zero-order chi connectivity index (χ0) is 23.9. The fraction of sp³-hybridized carbons (Fsp3) is 0.269. The molecule has 1 aliphatic heterocycles. The molecule has 0 radical (unpaired) electrons. The van der Waals surface area contributed by atoms with Gasteiger partial charge in [-0.25, -0.2) is 9.97 Å². The van der Waals surface area contributed by atoms with E-state index in [0.29, 0.717) is 10.8 Å². The van der Waals surface area contributed by atoms with Gasteiger partial charge in [0, 0.05) is 48.9 Å². The average molecular weight is 473 g/mol. The second-order valence-corrected chi connectivity index (χ2v) is 9.87. The van der Waals surface area contributed by atoms with Crippen LogP contribution in [0.1, 0.15) is 38.1 Å². The lowest BCUT2D eigenvalue weighted by molar-refractivity contribution is -0.117. The lowest BCUT2D eigenvalue weighted by Crippen LogP contribution is -2.19. The van der Waals surface area contributed by atoms with Crippen molar-refractivity contribution in [1.82, 2.24) is 24.5 Å². The van der Waals surface area contributed by atoms with Crippen molar-refractivity contribution in [3.63, 3.8) is 0 Å². The molecule has 4 aromatic rings. The minimum absolute atomic E-state index is 0.158. The number of nitrogens with zero attached hydrogens (tertiary/aromatic N) is 5. The summed E-state index contributed by atoms with van der Waals surface area (Å²) >= 11 is 6.49. The van der Waals surface area contributed by atoms with E-state index in [1.165, 1.54) is 0 Å². The van der Waals surface area contributed by atoms with E-state index in [9.17, 15) is 4.79 Å². The van der Waals surface area contributed by atoms with Crippen LogP contribution in [0.15, 0.2) is 61.3 Å². The summed E-state index contributed by atoms with van der Waals surface area (Å²) < 4.78 is 2.20. The molecule has 0 aliphatic carbocycles. The number of hydrogen-bond donors (Lipinski definition) is 1. The van der Waals surface area contributed by atoms with Gasteiger partial charge >= 0.3 is 0 Å². The molecule has 5 rings (SSSR count). The van der Waals surface area contributed by atoms with Crippen LogP contribution in [-0.2, 0) is 17.8 Å². The molecule has 7 nitrogen and oxygen atoms in total. The molecule has 0 bridgehead atoms. The Bertz CT molecular complexity index is 1350. The first kappa shape index (κ1) is 22.2. The number of halogens is 1. The van der Waals surface area contributed by atoms with Gasteiger partial charge in [0.1, 0.15) is 11.6 Å². The van der Waals surface area contributed by atoms with E-state index < -0.39 is 5.92 Å². The number of carbonyl (C=O) groups excluding carboxylic acids is 1. The highest BCUT2D eigenvalue weighted by atomic mass is 35.5. The summed E-state index contributed by atoms with van der Waals surface area (Å²) in [5.41, 5.74) is 4.45. The highest BCUT2D eigenvalue weighted by Crippen LogP contribution is 2.37. The van der Waals surface area contributed by atoms with Gasteiger partial charge in [0.05, 0.1) is 28.5 Å². The third kappa shape index (κ3) is 4.31. The van der Waals surface area contributed by atoms with Crippen molar-refractivity contribution < 1.29 is 4.79 Å². The van der Waals surface area contributed by atoms with Gasteiger partial charge in [-0.3, -0.25) is 14.8 Å². The van der Waals surface area contributed by atoms with Crippen molar-refractivity contribution in [2.75, 3.05) is 5.32 Å². The monoisotopic (exact) mass is 472 g/mol. The van der Waals surface area contributed by atoms with Crippen LogP contribution in [0.2, 0.25) is 5.02 Å². The molecule has 4 aromatic heterocycles. The quantitative estimate of drug-likeness (QED) is 0.421. The van der Waals surface area contributed by atoms with Crippen LogP contribution in [0.3, 0.4) is 0 Å². The number of imidazole rings is 1. The lowest BCUT2D eigenvalue weighted by atomic mass is 9.92. The normalized spacial score (nSPS) is 15.1. The minimum Gasteiger partial charge on any atom is -0.327 e. The minimum atomic E-state index is -0.406. The van der Waals surface area contributed by atoms with Crippen molar-refractivity contribution in [3.05, 3.63) is 77.7 Å². The van der Waals surface area contributed by atoms with Gasteiger partial charge in [-0.1, -0.05) is 31.5 Å². The highest BCUT2D eigenvalue weighted by Gasteiger charge is 2.31. The maximum Gasteiger partial charge on any atom is 0.232 e. The first-order chi connectivity index (χ1) is 16.3. The second kappa shape index (κ2) is 8.65. The van der Waals surface area contributed by atoms with E-state index in [0.717, 1.165) is 46.9 Å². The summed E-state index contributed by atoms with van der Waals surface area (Å²) in [6.07, 6.45) is 9.55. The molecule has 5 heterocycles. The molecular weight excluding hydrogens is 448 g/mol. The highest BCUT2D eigenvalue weighted by molar-refractivity contribution is 6.33. The molecule has 8 heteroatoms. The Morgan fingerprint density at radius 3 is 2.71 bits per heavy atom. The summed E-state index contributed by atoms with van der Waals surface area (Å²) in [7, 11) is 0. The number of carbonyl (C=O) groups is 1. The van der Waals surface area contributed by atoms with Crippen LogP contribution in [0, 0.1) is 5.41 Å². The lowest BCUT2D eigenvalue weighted by Gasteiger charge is -2.17. The number of pyridine rings is 3. The number of rotatable bonds is 5. The van der Waals surface area contributed by atoms with Gasteiger partial charge in [0.2, 0.25) is 5.91 Å². The summed E-state index contributed by atoms with van der Waals surface area (Å²) in [4.78, 5) is 30.5. The molecule has 1 atom stereocenters. The Labute approximate surface area is 203 Å². The van der Waals surface area contributed by atoms with Crippen molar-refractivity contribution in [3.8, 4) is 22.5 Å². The number of amides is 1. The average Bonchev–Trinajstić information content (AvgIpc) is 3.35. The van der Waals surface area contributed by atoms with Crippen molar-refractivity contribution in [1.29, 1.82) is 0 Å². The summed E-state index contributed by atoms with van der Waals surface area (Å²) in [6, 6.07) is 9.44. The third-order valence-electron chi connectivity index (χ3n) is 6.18. The first-order valence-electron chi connectivity index (χ1n) is 11.2. The summed E-state index contributed by atoms with van der Waals surface area (Å²) in [6.45, 7) is 7.17. The SMILES string of the molecule is CC(C(=O)Nc1cc(-c2cnc3n2CC(C)(C)C3)c(Cl)cn1)c1ccc(-c2cccnc2)nc1. The van der Waals surface area contributed by atoms with Crippen LogP contribution in [-0.4, -0.2) is 30.4 Å². The maximum absolute atomic E-state index is 13.0. The van der Waals surface area contributed by atoms with Gasteiger partial charge in [-0.15, -0.1) is 0 Å². The third-order valence-corrected chi connectivity index (χ3v) is 6.48. The first-order valence-corrected chi connectivity index (χ1v) is 11.6. The van der Waals surface area contributed by atoms with Crippen LogP contribution >= 0.6 is 11.6 Å². The molecule has 1 amide bonds. The second-order valence-electron chi connectivity index (χ2n) is 9.47. The largest absolute Gasteiger partial charge is 0.327 e. The Morgan fingerprint density at radius 2 is 1.97 bits per heavy atom. The number of fused-ring (bicyclic) bond motifs is 1. The van der Waals surface area contributed by atoms with E-state index >= 15 is 0 Å². The molecule has 0 spiro atoms.